The van der Waals surface area contributed by atoms with E-state index in [4.69, 9.17) is 15.2 Å². The minimum Gasteiger partial charge on any atom is -0.444 e. The lowest BCUT2D eigenvalue weighted by Crippen LogP contribution is -2.54. The number of aliphatic hydroxyl groups excluding tert-OH is 1. The molecule has 6 heteroatoms. The molecular formula is C12H22N2O4. The number of aliphatic hydroxyl groups is 1. The topological polar surface area (TPSA) is 85.0 Å². The van der Waals surface area contributed by atoms with Gasteiger partial charge in [-0.05, 0) is 27.2 Å². The number of morpholine rings is 1. The first-order chi connectivity index (χ1) is 8.29. The van der Waals surface area contributed by atoms with Crippen LogP contribution in [-0.4, -0.2) is 59.1 Å². The van der Waals surface area contributed by atoms with Crippen molar-refractivity contribution in [1.82, 2.24) is 4.90 Å². The number of carbonyl (C=O) groups excluding carboxylic acids is 1. The third-order valence-electron chi connectivity index (χ3n) is 3.34. The van der Waals surface area contributed by atoms with E-state index >= 15 is 0 Å². The lowest BCUT2D eigenvalue weighted by atomic mass is 10.1. The van der Waals surface area contributed by atoms with Crippen LogP contribution in [0.1, 0.15) is 27.2 Å². The molecular weight excluding hydrogens is 236 g/mol. The maximum Gasteiger partial charge on any atom is 0.410 e. The normalized spacial score (nSPS) is 36.4. The Kier molecular flexibility index (Phi) is 3.53. The first kappa shape index (κ1) is 13.6. The van der Waals surface area contributed by atoms with Crippen molar-refractivity contribution in [2.45, 2.75) is 57.1 Å². The molecule has 0 spiro atoms. The molecule has 2 aliphatic rings. The Hall–Kier alpha value is -0.850. The molecule has 3 N–H and O–H groups in total. The van der Waals surface area contributed by atoms with Crippen molar-refractivity contribution in [1.29, 1.82) is 0 Å². The summed E-state index contributed by atoms with van der Waals surface area (Å²) in [6, 6.07) is -0.526. The number of rotatable bonds is 0. The van der Waals surface area contributed by atoms with E-state index in [1.807, 2.05) is 20.8 Å². The van der Waals surface area contributed by atoms with Gasteiger partial charge < -0.3 is 25.2 Å². The zero-order valence-corrected chi connectivity index (χ0v) is 11.1. The van der Waals surface area contributed by atoms with E-state index in [1.165, 1.54) is 0 Å². The van der Waals surface area contributed by atoms with Crippen LogP contribution in [0, 0.1) is 0 Å². The monoisotopic (exact) mass is 258 g/mol. The maximum absolute atomic E-state index is 12.1. The van der Waals surface area contributed by atoms with E-state index in [-0.39, 0.29) is 24.3 Å². The average molecular weight is 258 g/mol. The number of hydrogen-bond donors (Lipinski definition) is 2. The summed E-state index contributed by atoms with van der Waals surface area (Å²) in [5.74, 6) is 0. The first-order valence-corrected chi connectivity index (χ1v) is 6.34. The summed E-state index contributed by atoms with van der Waals surface area (Å²) in [4.78, 5) is 13.7. The Balaban J connectivity index is 2.07. The minimum absolute atomic E-state index is 0.182. The number of fused-ring (bicyclic) bond motifs is 1. The summed E-state index contributed by atoms with van der Waals surface area (Å²) < 4.78 is 10.9. The molecule has 1 saturated heterocycles. The van der Waals surface area contributed by atoms with Crippen molar-refractivity contribution < 1.29 is 19.4 Å². The molecule has 4 atom stereocenters. The molecule has 0 aromatic heterocycles. The van der Waals surface area contributed by atoms with Crippen LogP contribution in [0.25, 0.3) is 0 Å². The molecule has 1 aliphatic carbocycles. The molecule has 1 saturated carbocycles. The van der Waals surface area contributed by atoms with Crippen LogP contribution < -0.4 is 5.73 Å². The summed E-state index contributed by atoms with van der Waals surface area (Å²) >= 11 is 0. The summed E-state index contributed by atoms with van der Waals surface area (Å²) in [6.45, 7) is 6.38. The number of ether oxygens (including phenoxy) is 2. The zero-order chi connectivity index (χ0) is 13.5. The van der Waals surface area contributed by atoms with E-state index in [9.17, 15) is 9.90 Å². The van der Waals surface area contributed by atoms with Gasteiger partial charge in [0.05, 0.1) is 18.8 Å². The Morgan fingerprint density at radius 1 is 1.50 bits per heavy atom. The van der Waals surface area contributed by atoms with Gasteiger partial charge in [-0.25, -0.2) is 4.79 Å². The van der Waals surface area contributed by atoms with Crippen LogP contribution in [0.15, 0.2) is 0 Å². The molecule has 104 valence electrons. The van der Waals surface area contributed by atoms with Gasteiger partial charge in [0, 0.05) is 12.6 Å². The summed E-state index contributed by atoms with van der Waals surface area (Å²) in [7, 11) is 0. The number of nitrogens with two attached hydrogens (primary N) is 1. The Bertz CT molecular complexity index is 329. The average Bonchev–Trinajstić information content (AvgIpc) is 2.52. The van der Waals surface area contributed by atoms with Crippen LogP contribution in [-0.2, 0) is 9.47 Å². The van der Waals surface area contributed by atoms with Gasteiger partial charge in [-0.3, -0.25) is 0 Å². The first-order valence-electron chi connectivity index (χ1n) is 6.34. The lowest BCUT2D eigenvalue weighted by molar-refractivity contribution is -0.0964. The van der Waals surface area contributed by atoms with Crippen LogP contribution in [0.3, 0.4) is 0 Å². The maximum atomic E-state index is 12.1. The molecule has 4 unspecified atom stereocenters. The second kappa shape index (κ2) is 4.68. The number of amides is 1. The summed E-state index contributed by atoms with van der Waals surface area (Å²) in [5, 5.41) is 9.90. The molecule has 0 radical (unpaired) electrons. The SMILES string of the molecule is CC(C)(C)OC(=O)N1CCOC2C(O)C(N)CC21. The summed E-state index contributed by atoms with van der Waals surface area (Å²) in [6.07, 6.45) is -0.908. The smallest absolute Gasteiger partial charge is 0.410 e. The molecule has 0 bridgehead atoms. The van der Waals surface area contributed by atoms with E-state index < -0.39 is 11.7 Å². The van der Waals surface area contributed by atoms with Gasteiger partial charge in [0.15, 0.2) is 0 Å². The molecule has 1 amide bonds. The van der Waals surface area contributed by atoms with Crippen LogP contribution in [0.2, 0.25) is 0 Å². The molecule has 6 nitrogen and oxygen atoms in total. The highest BCUT2D eigenvalue weighted by atomic mass is 16.6. The van der Waals surface area contributed by atoms with Crippen molar-refractivity contribution in [3.63, 3.8) is 0 Å². The van der Waals surface area contributed by atoms with Crippen molar-refractivity contribution in [2.75, 3.05) is 13.2 Å². The quantitative estimate of drug-likeness (QED) is 0.643. The van der Waals surface area contributed by atoms with Gasteiger partial charge >= 0.3 is 6.09 Å². The van der Waals surface area contributed by atoms with Crippen molar-refractivity contribution in [2.24, 2.45) is 5.73 Å². The fourth-order valence-corrected chi connectivity index (χ4v) is 2.54. The van der Waals surface area contributed by atoms with Gasteiger partial charge in [-0.15, -0.1) is 0 Å². The highest BCUT2D eigenvalue weighted by Crippen LogP contribution is 2.30. The number of carbonyl (C=O) groups is 1. The van der Waals surface area contributed by atoms with Crippen LogP contribution >= 0.6 is 0 Å². The van der Waals surface area contributed by atoms with Crippen LogP contribution in [0.5, 0.6) is 0 Å². The van der Waals surface area contributed by atoms with Gasteiger partial charge in [-0.2, -0.15) is 0 Å². The van der Waals surface area contributed by atoms with E-state index in [1.54, 1.807) is 4.90 Å². The fraction of sp³-hybridized carbons (Fsp3) is 0.917. The zero-order valence-electron chi connectivity index (χ0n) is 11.1. The second-order valence-corrected chi connectivity index (χ2v) is 5.97. The second-order valence-electron chi connectivity index (χ2n) is 5.97. The molecule has 18 heavy (non-hydrogen) atoms. The summed E-state index contributed by atoms with van der Waals surface area (Å²) in [5.41, 5.74) is 5.30. The van der Waals surface area contributed by atoms with Gasteiger partial charge in [-0.1, -0.05) is 0 Å². The number of hydrogen-bond acceptors (Lipinski definition) is 5. The highest BCUT2D eigenvalue weighted by Gasteiger charge is 2.48. The fourth-order valence-electron chi connectivity index (χ4n) is 2.54. The number of nitrogens with zero attached hydrogens (tertiary/aromatic N) is 1. The molecule has 1 aliphatic heterocycles. The van der Waals surface area contributed by atoms with Gasteiger partial charge in [0.25, 0.3) is 0 Å². The van der Waals surface area contributed by atoms with E-state index in [0.29, 0.717) is 19.6 Å². The van der Waals surface area contributed by atoms with Crippen molar-refractivity contribution in [3.05, 3.63) is 0 Å². The van der Waals surface area contributed by atoms with E-state index in [0.717, 1.165) is 0 Å². The molecule has 2 rings (SSSR count). The molecule has 0 aromatic rings. The largest absolute Gasteiger partial charge is 0.444 e. The third-order valence-corrected chi connectivity index (χ3v) is 3.34. The molecule has 0 aromatic carbocycles. The Morgan fingerprint density at radius 2 is 2.17 bits per heavy atom. The Morgan fingerprint density at radius 3 is 2.78 bits per heavy atom. The minimum atomic E-state index is -0.708. The van der Waals surface area contributed by atoms with Gasteiger partial charge in [0.1, 0.15) is 11.7 Å². The van der Waals surface area contributed by atoms with Crippen molar-refractivity contribution in [3.8, 4) is 0 Å². The standard InChI is InChI=1S/C12H22N2O4/c1-12(2,3)18-11(16)14-4-5-17-10-8(14)6-7(13)9(10)15/h7-10,15H,4-6,13H2,1-3H3. The van der Waals surface area contributed by atoms with Crippen molar-refractivity contribution >= 4 is 6.09 Å². The predicted octanol–water partition coefficient (Wildman–Crippen LogP) is 0.0828. The predicted molar refractivity (Wildman–Crippen MR) is 65.1 cm³/mol. The van der Waals surface area contributed by atoms with Gasteiger partial charge in [0.2, 0.25) is 0 Å². The molecule has 1 heterocycles. The molecule has 2 fully saturated rings. The van der Waals surface area contributed by atoms with Crippen LogP contribution in [0.4, 0.5) is 4.79 Å². The third kappa shape index (κ3) is 2.60. The lowest BCUT2D eigenvalue weighted by Gasteiger charge is -2.38. The van der Waals surface area contributed by atoms with E-state index in [2.05, 4.69) is 0 Å². The highest BCUT2D eigenvalue weighted by molar-refractivity contribution is 5.69. The Labute approximate surface area is 107 Å².